The maximum absolute atomic E-state index is 2.69. The fourth-order valence-electron chi connectivity index (χ4n) is 13.3. The first kappa shape index (κ1) is 38.3. The van der Waals surface area contributed by atoms with Gasteiger partial charge in [-0.3, -0.25) is 0 Å². The molecule has 69 heavy (non-hydrogen) atoms. The maximum atomic E-state index is 2.69. The standard InChI is InChI=1S/C68H43N/c1-4-20-44(21-5-1)45-36-38-48(39-37-45)69(47-24-8-3-9-25-47)49-40-41-61-55(42-49)66-63(68(61)58-33-17-12-28-52(58)53-29-13-18-34-59(53)68)43-62-65(64(66)46-22-6-2-7-23-46)54-30-14-19-35-60(54)67(62)56-31-15-10-26-50(56)51-27-11-16-32-57(51)67/h1-43H. The zero-order valence-corrected chi connectivity index (χ0v) is 37.8. The zero-order chi connectivity index (χ0) is 45.3. The summed E-state index contributed by atoms with van der Waals surface area (Å²) in [5.74, 6) is 0. The SMILES string of the molecule is c1ccc(-c2ccc(N(c3ccccc3)c3ccc4c(c3)-c3c(cc5c(c3-c3ccccc3)-c3ccccc3C53c5ccccc5-c5ccccc53)C43c4ccccc4-c4ccccc43)cc2)cc1. The molecule has 0 unspecified atom stereocenters. The van der Waals surface area contributed by atoms with Gasteiger partial charge >= 0.3 is 0 Å². The van der Waals surface area contributed by atoms with Gasteiger partial charge < -0.3 is 4.90 Å². The molecule has 0 atom stereocenters. The van der Waals surface area contributed by atoms with Crippen LogP contribution in [0.3, 0.4) is 0 Å². The third kappa shape index (κ3) is 4.98. The van der Waals surface area contributed by atoms with Crippen LogP contribution >= 0.6 is 0 Å². The molecule has 0 radical (unpaired) electrons. The number of anilines is 3. The molecule has 15 rings (SSSR count). The van der Waals surface area contributed by atoms with E-state index < -0.39 is 10.8 Å². The van der Waals surface area contributed by atoms with E-state index in [2.05, 4.69) is 266 Å². The van der Waals surface area contributed by atoms with Crippen molar-refractivity contribution in [3.8, 4) is 66.8 Å². The molecule has 0 saturated heterocycles. The molecule has 0 N–H and O–H groups in total. The smallest absolute Gasteiger partial charge is 0.0725 e. The number of benzene rings is 11. The molecule has 11 aromatic carbocycles. The van der Waals surface area contributed by atoms with Crippen LogP contribution in [0.25, 0.3) is 66.8 Å². The Bertz CT molecular complexity index is 3790. The summed E-state index contributed by atoms with van der Waals surface area (Å²) in [6, 6.07) is 98.1. The highest BCUT2D eigenvalue weighted by atomic mass is 15.1. The fourth-order valence-corrected chi connectivity index (χ4v) is 13.3. The monoisotopic (exact) mass is 873 g/mol. The molecule has 0 heterocycles. The van der Waals surface area contributed by atoms with Gasteiger partial charge in [0.2, 0.25) is 0 Å². The lowest BCUT2D eigenvalue weighted by molar-refractivity contribution is 0.768. The third-order valence-corrected chi connectivity index (χ3v) is 15.9. The molecule has 0 fully saturated rings. The van der Waals surface area contributed by atoms with Crippen molar-refractivity contribution in [1.82, 2.24) is 0 Å². The van der Waals surface area contributed by atoms with Crippen LogP contribution < -0.4 is 4.90 Å². The predicted molar refractivity (Wildman–Crippen MR) is 285 cm³/mol. The lowest BCUT2D eigenvalue weighted by Crippen LogP contribution is -2.29. The zero-order valence-electron chi connectivity index (χ0n) is 37.8. The second kappa shape index (κ2) is 14.4. The van der Waals surface area contributed by atoms with Gasteiger partial charge in [-0.2, -0.15) is 0 Å². The molecule has 0 saturated carbocycles. The molecule has 2 spiro atoms. The maximum Gasteiger partial charge on any atom is 0.0725 e. The highest BCUT2D eigenvalue weighted by molar-refractivity contribution is 6.09. The number of hydrogen-bond donors (Lipinski definition) is 0. The summed E-state index contributed by atoms with van der Waals surface area (Å²) in [7, 11) is 0. The Labute approximate surface area is 402 Å². The van der Waals surface area contributed by atoms with E-state index in [1.807, 2.05) is 0 Å². The van der Waals surface area contributed by atoms with E-state index in [9.17, 15) is 0 Å². The highest BCUT2D eigenvalue weighted by Gasteiger charge is 2.57. The van der Waals surface area contributed by atoms with Crippen molar-refractivity contribution in [1.29, 1.82) is 0 Å². The minimum Gasteiger partial charge on any atom is -0.310 e. The van der Waals surface area contributed by atoms with E-state index in [0.717, 1.165) is 17.1 Å². The lowest BCUT2D eigenvalue weighted by atomic mass is 9.66. The van der Waals surface area contributed by atoms with Gasteiger partial charge in [-0.1, -0.05) is 224 Å². The summed E-state index contributed by atoms with van der Waals surface area (Å²) in [6.45, 7) is 0. The van der Waals surface area contributed by atoms with Crippen molar-refractivity contribution >= 4 is 17.1 Å². The molecule has 0 amide bonds. The van der Waals surface area contributed by atoms with Crippen LogP contribution in [0.2, 0.25) is 0 Å². The van der Waals surface area contributed by atoms with Crippen LogP contribution in [0.5, 0.6) is 0 Å². The highest BCUT2D eigenvalue weighted by Crippen LogP contribution is 2.70. The van der Waals surface area contributed by atoms with Crippen molar-refractivity contribution in [3.63, 3.8) is 0 Å². The summed E-state index contributed by atoms with van der Waals surface area (Å²) in [6.07, 6.45) is 0. The molecule has 0 aliphatic heterocycles. The molecule has 0 aromatic heterocycles. The normalized spacial score (nSPS) is 14.0. The van der Waals surface area contributed by atoms with Crippen molar-refractivity contribution in [2.75, 3.05) is 4.90 Å². The van der Waals surface area contributed by atoms with Crippen molar-refractivity contribution in [2.24, 2.45) is 0 Å². The number of hydrogen-bond acceptors (Lipinski definition) is 1. The largest absolute Gasteiger partial charge is 0.310 e. The average Bonchev–Trinajstić information content (AvgIpc) is 4.10. The Balaban J connectivity index is 1.09. The van der Waals surface area contributed by atoms with Crippen LogP contribution in [-0.2, 0) is 10.8 Å². The number of fused-ring (bicyclic) bond motifs is 20. The van der Waals surface area contributed by atoms with Crippen LogP contribution in [0.1, 0.15) is 44.5 Å². The molecule has 1 heteroatoms. The van der Waals surface area contributed by atoms with Gasteiger partial charge in [0.25, 0.3) is 0 Å². The van der Waals surface area contributed by atoms with E-state index in [1.165, 1.54) is 111 Å². The third-order valence-electron chi connectivity index (χ3n) is 15.9. The summed E-state index contributed by atoms with van der Waals surface area (Å²) in [4.78, 5) is 2.43. The Morgan fingerprint density at radius 2 is 0.551 bits per heavy atom. The van der Waals surface area contributed by atoms with E-state index >= 15 is 0 Å². The van der Waals surface area contributed by atoms with E-state index in [4.69, 9.17) is 0 Å². The predicted octanol–water partition coefficient (Wildman–Crippen LogP) is 17.2. The van der Waals surface area contributed by atoms with Gasteiger partial charge in [0, 0.05) is 17.1 Å². The van der Waals surface area contributed by atoms with Crippen LogP contribution in [0.4, 0.5) is 17.1 Å². The van der Waals surface area contributed by atoms with Gasteiger partial charge in [-0.25, -0.2) is 0 Å². The molecule has 320 valence electrons. The minimum absolute atomic E-state index is 0.521. The molecular formula is C68H43N. The Hall–Kier alpha value is -8.78. The minimum atomic E-state index is -0.586. The number of nitrogens with zero attached hydrogens (tertiary/aromatic N) is 1. The quantitative estimate of drug-likeness (QED) is 0.167. The van der Waals surface area contributed by atoms with Crippen LogP contribution in [0.15, 0.2) is 261 Å². The van der Waals surface area contributed by atoms with Crippen LogP contribution in [-0.4, -0.2) is 0 Å². The van der Waals surface area contributed by atoms with Gasteiger partial charge in [-0.15, -0.1) is 0 Å². The summed E-state index contributed by atoms with van der Waals surface area (Å²) >= 11 is 0. The molecule has 0 bridgehead atoms. The first-order valence-electron chi connectivity index (χ1n) is 24.2. The van der Waals surface area contributed by atoms with Crippen molar-refractivity contribution in [2.45, 2.75) is 10.8 Å². The van der Waals surface area contributed by atoms with E-state index in [0.29, 0.717) is 0 Å². The molecule has 1 nitrogen and oxygen atoms in total. The van der Waals surface area contributed by atoms with E-state index in [-0.39, 0.29) is 0 Å². The summed E-state index contributed by atoms with van der Waals surface area (Å²) in [5.41, 5.74) is 28.3. The number of para-hydroxylation sites is 1. The van der Waals surface area contributed by atoms with E-state index in [1.54, 1.807) is 0 Å². The number of rotatable bonds is 5. The van der Waals surface area contributed by atoms with Crippen molar-refractivity contribution in [3.05, 3.63) is 305 Å². The van der Waals surface area contributed by atoms with Gasteiger partial charge in [0.05, 0.1) is 10.8 Å². The second-order valence-corrected chi connectivity index (χ2v) is 19.0. The summed E-state index contributed by atoms with van der Waals surface area (Å²) in [5, 5.41) is 0. The Kier molecular flexibility index (Phi) is 7.98. The fraction of sp³-hybridized carbons (Fsp3) is 0.0294. The lowest BCUT2D eigenvalue weighted by Gasteiger charge is -2.34. The average molecular weight is 874 g/mol. The first-order chi connectivity index (χ1) is 34.3. The van der Waals surface area contributed by atoms with Gasteiger partial charge in [-0.05, 0) is 148 Å². The molecular weight excluding hydrogens is 831 g/mol. The Morgan fingerprint density at radius 3 is 1.06 bits per heavy atom. The van der Waals surface area contributed by atoms with Gasteiger partial charge in [0.1, 0.15) is 0 Å². The first-order valence-corrected chi connectivity index (χ1v) is 24.2. The van der Waals surface area contributed by atoms with Gasteiger partial charge in [0.15, 0.2) is 0 Å². The molecule has 11 aromatic rings. The second-order valence-electron chi connectivity index (χ2n) is 19.0. The van der Waals surface area contributed by atoms with Crippen molar-refractivity contribution < 1.29 is 0 Å². The summed E-state index contributed by atoms with van der Waals surface area (Å²) < 4.78 is 0. The molecule has 4 aliphatic carbocycles. The molecule has 4 aliphatic rings. The Morgan fingerprint density at radius 1 is 0.203 bits per heavy atom. The topological polar surface area (TPSA) is 3.24 Å². The van der Waals surface area contributed by atoms with Crippen LogP contribution in [0, 0.1) is 0 Å².